The number of carbonyl (C=O) groups excluding carboxylic acids is 2. The summed E-state index contributed by atoms with van der Waals surface area (Å²) in [7, 11) is 0. The number of nitrogens with zero attached hydrogens (tertiary/aromatic N) is 6. The smallest absolute Gasteiger partial charge is 0.475 e. The Labute approximate surface area is 271 Å². The van der Waals surface area contributed by atoms with Crippen molar-refractivity contribution in [2.75, 3.05) is 23.3 Å². The monoisotopic (exact) mass is 698 g/mol. The van der Waals surface area contributed by atoms with Crippen molar-refractivity contribution < 1.29 is 50.6 Å². The van der Waals surface area contributed by atoms with Crippen LogP contribution in [0.25, 0.3) is 0 Å². The average Bonchev–Trinajstić information content (AvgIpc) is 3.71. The molecule has 20 heteroatoms. The lowest BCUT2D eigenvalue weighted by molar-refractivity contribution is -0.274. The van der Waals surface area contributed by atoms with Crippen molar-refractivity contribution >= 4 is 40.8 Å². The average molecular weight is 699 g/mol. The number of halogens is 6. The van der Waals surface area contributed by atoms with Gasteiger partial charge in [-0.3, -0.25) is 14.6 Å². The third-order valence-corrected chi connectivity index (χ3v) is 7.39. The van der Waals surface area contributed by atoms with Gasteiger partial charge in [-0.15, -0.1) is 33.6 Å². The van der Waals surface area contributed by atoms with Crippen LogP contribution >= 0.6 is 11.3 Å². The first-order valence-electron chi connectivity index (χ1n) is 13.7. The minimum absolute atomic E-state index is 0.0723. The summed E-state index contributed by atoms with van der Waals surface area (Å²) in [5, 5.41) is 30.1. The quantitative estimate of drug-likeness (QED) is 0.212. The third-order valence-electron chi connectivity index (χ3n) is 6.31. The number of aromatic nitrogens is 5. The summed E-state index contributed by atoms with van der Waals surface area (Å²) in [6, 6.07) is 14.0. The van der Waals surface area contributed by atoms with Crippen LogP contribution in [0.4, 0.5) is 38.0 Å². The zero-order chi connectivity index (χ0) is 34.9. The molecule has 1 atom stereocenters. The van der Waals surface area contributed by atoms with Gasteiger partial charge >= 0.3 is 18.5 Å². The summed E-state index contributed by atoms with van der Waals surface area (Å²) < 4.78 is 72.9. The van der Waals surface area contributed by atoms with Gasteiger partial charge in [0.2, 0.25) is 10.9 Å². The molecule has 3 N–H and O–H groups in total. The van der Waals surface area contributed by atoms with Crippen molar-refractivity contribution in [3.63, 3.8) is 0 Å². The predicted octanol–water partition coefficient (Wildman–Crippen LogP) is 4.36. The normalized spacial score (nSPS) is 14.5. The predicted molar refractivity (Wildman–Crippen MR) is 156 cm³/mol. The molecule has 1 aromatic carbocycles. The van der Waals surface area contributed by atoms with Crippen LogP contribution in [0, 0.1) is 0 Å². The number of alkyl halides is 6. The van der Waals surface area contributed by atoms with E-state index in [4.69, 9.17) is 9.90 Å². The van der Waals surface area contributed by atoms with Crippen molar-refractivity contribution in [3.8, 4) is 5.75 Å². The minimum atomic E-state index is -5.08. The van der Waals surface area contributed by atoms with Crippen molar-refractivity contribution in [2.45, 2.75) is 37.8 Å². The lowest BCUT2D eigenvalue weighted by Gasteiger charge is -2.16. The standard InChI is InChI=1S/C26H23F3N8O3S.C2HF3O2/c27-26(28,29)40-19-6-3-4-16(12-19)13-22(38)32-20-7-8-21(34-33-20)37-11-9-17(15-37)24-35-36-25(41-24)23(39)31-14-18-5-1-2-10-30-18;3-2(4,5)1(6)7/h1-8,10,12,17H,9,11,13-15H2,(H,31,39)(H,32,33,38);(H,6,7). The number of amides is 2. The molecular formula is C28H24F6N8O5S. The number of pyridine rings is 1. The number of carboxylic acid groups (broad SMARTS) is 1. The molecule has 4 heterocycles. The molecule has 13 nitrogen and oxygen atoms in total. The zero-order valence-electron chi connectivity index (χ0n) is 24.3. The zero-order valence-corrected chi connectivity index (χ0v) is 25.1. The van der Waals surface area contributed by atoms with Gasteiger partial charge < -0.3 is 25.4 Å². The summed E-state index contributed by atoms with van der Waals surface area (Å²) in [5.74, 6) is -3.03. The number of benzene rings is 1. The van der Waals surface area contributed by atoms with E-state index in [0.717, 1.165) is 29.3 Å². The molecule has 1 fully saturated rings. The summed E-state index contributed by atoms with van der Waals surface area (Å²) in [6.07, 6.45) is -7.61. The molecule has 2 amide bonds. The maximum atomic E-state index is 12.5. The molecule has 0 saturated carbocycles. The maximum Gasteiger partial charge on any atom is 0.573 e. The van der Waals surface area contributed by atoms with Gasteiger partial charge in [-0.25, -0.2) is 4.79 Å². The number of hydrogen-bond acceptors (Lipinski definition) is 11. The van der Waals surface area contributed by atoms with E-state index in [1.807, 2.05) is 17.0 Å². The molecule has 4 aromatic rings. The van der Waals surface area contributed by atoms with E-state index in [-0.39, 0.29) is 29.1 Å². The highest BCUT2D eigenvalue weighted by Gasteiger charge is 2.38. The number of anilines is 2. The van der Waals surface area contributed by atoms with E-state index in [1.54, 1.807) is 24.4 Å². The van der Waals surface area contributed by atoms with Crippen LogP contribution in [0.5, 0.6) is 5.75 Å². The van der Waals surface area contributed by atoms with Crippen LogP contribution in [0.15, 0.2) is 60.8 Å². The van der Waals surface area contributed by atoms with Crippen molar-refractivity contribution in [3.05, 3.63) is 82.1 Å². The van der Waals surface area contributed by atoms with Gasteiger partial charge in [0.05, 0.1) is 18.7 Å². The fraction of sp³-hybridized carbons (Fsp3) is 0.286. The van der Waals surface area contributed by atoms with Crippen molar-refractivity contribution in [1.29, 1.82) is 0 Å². The first-order valence-corrected chi connectivity index (χ1v) is 14.5. The van der Waals surface area contributed by atoms with Gasteiger partial charge in [-0.05, 0) is 48.4 Å². The molecule has 0 spiro atoms. The number of nitrogens with one attached hydrogen (secondary N) is 2. The van der Waals surface area contributed by atoms with Crippen LogP contribution in [-0.2, 0) is 22.6 Å². The number of aliphatic carboxylic acids is 1. The van der Waals surface area contributed by atoms with E-state index in [0.29, 0.717) is 31.0 Å². The van der Waals surface area contributed by atoms with Crippen LogP contribution in [-0.4, -0.2) is 73.9 Å². The van der Waals surface area contributed by atoms with Crippen LogP contribution in [0.2, 0.25) is 0 Å². The molecule has 0 bridgehead atoms. The van der Waals surface area contributed by atoms with Gasteiger partial charge in [-0.1, -0.05) is 29.5 Å². The number of hydrogen-bond donors (Lipinski definition) is 3. The molecule has 3 aromatic heterocycles. The van der Waals surface area contributed by atoms with Gasteiger partial charge in [0.1, 0.15) is 10.8 Å². The second-order valence-electron chi connectivity index (χ2n) is 9.88. The summed E-state index contributed by atoms with van der Waals surface area (Å²) >= 11 is 1.26. The molecule has 48 heavy (non-hydrogen) atoms. The van der Waals surface area contributed by atoms with Crippen molar-refractivity contribution in [2.24, 2.45) is 0 Å². The van der Waals surface area contributed by atoms with E-state index in [1.165, 1.54) is 23.5 Å². The number of carbonyl (C=O) groups is 3. The lowest BCUT2D eigenvalue weighted by Crippen LogP contribution is -2.23. The van der Waals surface area contributed by atoms with Gasteiger partial charge in [0.15, 0.2) is 11.6 Å². The Morgan fingerprint density at radius 1 is 0.979 bits per heavy atom. The fourth-order valence-corrected chi connectivity index (χ4v) is 5.08. The Balaban J connectivity index is 0.000000671. The maximum absolute atomic E-state index is 12.5. The molecule has 1 saturated heterocycles. The highest BCUT2D eigenvalue weighted by Crippen LogP contribution is 2.31. The lowest BCUT2D eigenvalue weighted by atomic mass is 10.1. The second kappa shape index (κ2) is 15.5. The number of ether oxygens (including phenoxy) is 1. The van der Waals surface area contributed by atoms with E-state index in [9.17, 15) is 35.9 Å². The Hall–Kier alpha value is -5.40. The molecule has 254 valence electrons. The van der Waals surface area contributed by atoms with E-state index >= 15 is 0 Å². The Bertz CT molecular complexity index is 1710. The van der Waals surface area contributed by atoms with Gasteiger partial charge in [0, 0.05) is 25.2 Å². The highest BCUT2D eigenvalue weighted by molar-refractivity contribution is 7.13. The van der Waals surface area contributed by atoms with Crippen LogP contribution in [0.3, 0.4) is 0 Å². The Morgan fingerprint density at radius 3 is 2.40 bits per heavy atom. The van der Waals surface area contributed by atoms with E-state index in [2.05, 4.69) is 40.7 Å². The van der Waals surface area contributed by atoms with Crippen LogP contribution in [0.1, 0.15) is 38.4 Å². The molecule has 1 aliphatic heterocycles. The fourth-order valence-electron chi connectivity index (χ4n) is 4.20. The summed E-state index contributed by atoms with van der Waals surface area (Å²) in [4.78, 5) is 40.0. The molecule has 0 radical (unpaired) electrons. The number of carboxylic acids is 1. The highest BCUT2D eigenvalue weighted by atomic mass is 32.1. The van der Waals surface area contributed by atoms with Crippen molar-refractivity contribution in [1.82, 2.24) is 30.7 Å². The summed E-state index contributed by atoms with van der Waals surface area (Å²) in [5.41, 5.74) is 1.09. The number of rotatable bonds is 9. The second-order valence-corrected chi connectivity index (χ2v) is 10.9. The van der Waals surface area contributed by atoms with Crippen LogP contribution < -0.4 is 20.3 Å². The van der Waals surface area contributed by atoms with Gasteiger partial charge in [-0.2, -0.15) is 13.2 Å². The molecule has 0 aliphatic carbocycles. The molecular weight excluding hydrogens is 674 g/mol. The third kappa shape index (κ3) is 10.9. The minimum Gasteiger partial charge on any atom is -0.475 e. The van der Waals surface area contributed by atoms with E-state index < -0.39 is 30.2 Å². The Kier molecular flexibility index (Phi) is 11.4. The van der Waals surface area contributed by atoms with Gasteiger partial charge in [0.25, 0.3) is 5.91 Å². The molecule has 1 aliphatic rings. The first kappa shape index (κ1) is 35.5. The first-order chi connectivity index (χ1) is 22.7. The molecule has 5 rings (SSSR count). The SMILES string of the molecule is O=C(Cc1cccc(OC(F)(F)F)c1)Nc1ccc(N2CCC(c3nnc(C(=O)NCc4ccccn4)s3)C2)nn1.O=C(O)C(F)(F)F. The summed E-state index contributed by atoms with van der Waals surface area (Å²) in [6.45, 7) is 1.61. The topological polar surface area (TPSA) is 172 Å². The molecule has 1 unspecified atom stereocenters. The largest absolute Gasteiger partial charge is 0.573 e. The Morgan fingerprint density at radius 2 is 1.75 bits per heavy atom.